The molecular weight excluding hydrogens is 410 g/mol. The highest BCUT2D eigenvalue weighted by molar-refractivity contribution is 9.09. The summed E-state index contributed by atoms with van der Waals surface area (Å²) in [5.74, 6) is 2.33. The maximum absolute atomic E-state index is 5.47. The fourth-order valence-corrected chi connectivity index (χ4v) is 7.04. The number of nitrogens with zero attached hydrogens (tertiary/aromatic N) is 1. The second-order valence-corrected chi connectivity index (χ2v) is 9.39. The fraction of sp³-hybridized carbons (Fsp3) is 0.429. The van der Waals surface area contributed by atoms with Crippen molar-refractivity contribution in [3.63, 3.8) is 0 Å². The Kier molecular flexibility index (Phi) is 5.48. The summed E-state index contributed by atoms with van der Waals surface area (Å²) in [6, 6.07) is 17.6. The van der Waals surface area contributed by atoms with E-state index < -0.39 is 0 Å². The number of hydrogen-bond donors (Lipinski definition) is 0. The van der Waals surface area contributed by atoms with E-state index in [0.29, 0.717) is 16.1 Å². The normalized spacial score (nSPS) is 27.7. The highest BCUT2D eigenvalue weighted by Gasteiger charge is 2.51. The third kappa shape index (κ3) is 3.49. The maximum atomic E-state index is 5.47. The van der Waals surface area contributed by atoms with Crippen molar-refractivity contribution in [2.45, 2.75) is 34.0 Å². The van der Waals surface area contributed by atoms with E-state index in [4.69, 9.17) is 9.47 Å². The molecule has 0 unspecified atom stereocenters. The average Bonchev–Trinajstić information content (AvgIpc) is 3.13. The quantitative estimate of drug-likeness (QED) is 0.607. The van der Waals surface area contributed by atoms with Gasteiger partial charge in [0.2, 0.25) is 0 Å². The van der Waals surface area contributed by atoms with E-state index in [9.17, 15) is 0 Å². The Bertz CT molecular complexity index is 757. The van der Waals surface area contributed by atoms with Crippen LogP contribution in [0.15, 0.2) is 53.4 Å². The Morgan fingerprint density at radius 1 is 1.08 bits per heavy atom. The molecule has 1 aliphatic carbocycles. The van der Waals surface area contributed by atoms with E-state index >= 15 is 0 Å². The molecule has 5 heteroatoms. The van der Waals surface area contributed by atoms with Gasteiger partial charge in [0.1, 0.15) is 0 Å². The van der Waals surface area contributed by atoms with Crippen molar-refractivity contribution in [3.05, 3.63) is 54.1 Å². The Balaban J connectivity index is 1.49. The first-order valence-corrected chi connectivity index (χ1v) is 10.8. The van der Waals surface area contributed by atoms with E-state index in [0.717, 1.165) is 24.0 Å². The van der Waals surface area contributed by atoms with Gasteiger partial charge in [0.05, 0.1) is 14.2 Å². The zero-order valence-corrected chi connectivity index (χ0v) is 17.5. The molecule has 0 N–H and O–H groups in total. The van der Waals surface area contributed by atoms with E-state index in [-0.39, 0.29) is 0 Å². The molecule has 2 bridgehead atoms. The van der Waals surface area contributed by atoms with E-state index in [2.05, 4.69) is 63.3 Å². The molecule has 2 aromatic rings. The summed E-state index contributed by atoms with van der Waals surface area (Å²) in [7, 11) is 3.37. The molecule has 0 amide bonds. The Morgan fingerprint density at radius 2 is 1.85 bits per heavy atom. The number of piperidine rings is 1. The van der Waals surface area contributed by atoms with Gasteiger partial charge in [-0.1, -0.05) is 46.3 Å². The van der Waals surface area contributed by atoms with Crippen molar-refractivity contribution in [1.29, 1.82) is 0 Å². The van der Waals surface area contributed by atoms with Crippen LogP contribution >= 0.6 is 27.7 Å². The van der Waals surface area contributed by atoms with Gasteiger partial charge in [-0.15, -0.1) is 11.8 Å². The molecule has 1 aliphatic heterocycles. The van der Waals surface area contributed by atoms with Gasteiger partial charge in [-0.2, -0.15) is 0 Å². The largest absolute Gasteiger partial charge is 0.493 e. The lowest BCUT2D eigenvalue weighted by atomic mass is 10.1. The topological polar surface area (TPSA) is 21.7 Å². The zero-order valence-electron chi connectivity index (χ0n) is 15.1. The van der Waals surface area contributed by atoms with Gasteiger partial charge in [0.25, 0.3) is 0 Å². The molecule has 138 valence electrons. The predicted molar refractivity (Wildman–Crippen MR) is 111 cm³/mol. The number of methoxy groups -OCH3 is 2. The molecule has 3 nitrogen and oxygen atoms in total. The Labute approximate surface area is 168 Å². The van der Waals surface area contributed by atoms with E-state index in [1.807, 2.05) is 17.8 Å². The van der Waals surface area contributed by atoms with Gasteiger partial charge in [0.15, 0.2) is 11.5 Å². The van der Waals surface area contributed by atoms with Crippen LogP contribution in [0.5, 0.6) is 11.5 Å². The lowest BCUT2D eigenvalue weighted by Gasteiger charge is -2.33. The number of halogens is 1. The Hall–Kier alpha value is -1.17. The number of hydrogen-bond acceptors (Lipinski definition) is 4. The predicted octanol–water partition coefficient (Wildman–Crippen LogP) is 4.83. The summed E-state index contributed by atoms with van der Waals surface area (Å²) < 4.78 is 10.8. The highest BCUT2D eigenvalue weighted by Crippen LogP contribution is 2.49. The van der Waals surface area contributed by atoms with Crippen molar-refractivity contribution >= 4 is 27.7 Å². The van der Waals surface area contributed by atoms with Crippen LogP contribution in [0.25, 0.3) is 0 Å². The van der Waals surface area contributed by atoms with Crippen LogP contribution in [0, 0.1) is 5.92 Å². The van der Waals surface area contributed by atoms with Crippen LogP contribution in [0.2, 0.25) is 0 Å². The SMILES string of the molecule is COc1ccc(S[C@H]2C[C@H]3CN(Cc4ccccc4)[C@H]2[C@@H]3Br)cc1OC. The molecule has 2 aromatic carbocycles. The van der Waals surface area contributed by atoms with Crippen LogP contribution in [0.1, 0.15) is 12.0 Å². The monoisotopic (exact) mass is 433 g/mol. The van der Waals surface area contributed by atoms with Crippen LogP contribution < -0.4 is 9.47 Å². The van der Waals surface area contributed by atoms with Gasteiger partial charge >= 0.3 is 0 Å². The van der Waals surface area contributed by atoms with Crippen molar-refractivity contribution < 1.29 is 9.47 Å². The van der Waals surface area contributed by atoms with Crippen molar-refractivity contribution in [3.8, 4) is 11.5 Å². The number of fused-ring (bicyclic) bond motifs is 2. The lowest BCUT2D eigenvalue weighted by Crippen LogP contribution is -2.40. The minimum Gasteiger partial charge on any atom is -0.493 e. The molecule has 0 radical (unpaired) electrons. The van der Waals surface area contributed by atoms with Gasteiger partial charge in [-0.3, -0.25) is 4.90 Å². The van der Waals surface area contributed by atoms with Gasteiger partial charge in [-0.05, 0) is 36.1 Å². The summed E-state index contributed by atoms with van der Waals surface area (Å²) in [5.41, 5.74) is 1.40. The molecule has 4 atom stereocenters. The number of thioether (sulfide) groups is 1. The molecule has 0 aromatic heterocycles. The van der Waals surface area contributed by atoms with Crippen LogP contribution in [-0.4, -0.2) is 41.8 Å². The smallest absolute Gasteiger partial charge is 0.161 e. The average molecular weight is 434 g/mol. The van der Waals surface area contributed by atoms with E-state index in [1.54, 1.807) is 14.2 Å². The summed E-state index contributed by atoms with van der Waals surface area (Å²) in [5, 5.41) is 0.597. The van der Waals surface area contributed by atoms with Crippen LogP contribution in [0.3, 0.4) is 0 Å². The molecule has 1 saturated carbocycles. The number of rotatable bonds is 6. The number of likely N-dealkylation sites (tertiary alicyclic amines) is 1. The van der Waals surface area contributed by atoms with Crippen molar-refractivity contribution in [1.82, 2.24) is 4.90 Å². The second kappa shape index (κ2) is 7.83. The first kappa shape index (κ1) is 18.2. The van der Waals surface area contributed by atoms with Crippen molar-refractivity contribution in [2.75, 3.05) is 20.8 Å². The number of alkyl halides is 1. The van der Waals surface area contributed by atoms with Crippen LogP contribution in [0.4, 0.5) is 0 Å². The lowest BCUT2D eigenvalue weighted by molar-refractivity contribution is 0.211. The van der Waals surface area contributed by atoms with Gasteiger partial charge in [-0.25, -0.2) is 0 Å². The molecule has 1 heterocycles. The standard InChI is InChI=1S/C21H24BrNO2S/c1-24-17-9-8-16(11-18(17)25-2)26-19-10-15-13-23(21(19)20(15)22)12-14-6-4-3-5-7-14/h3-9,11,15,19-21H,10,12-13H2,1-2H3/t15-,19-,20+,21+/m0/s1. The first-order chi connectivity index (χ1) is 12.7. The summed E-state index contributed by atoms with van der Waals surface area (Å²) in [4.78, 5) is 4.49. The number of benzene rings is 2. The molecular formula is C21H24BrNO2S. The third-order valence-electron chi connectivity index (χ3n) is 5.45. The number of ether oxygens (including phenoxy) is 2. The molecule has 0 spiro atoms. The third-order valence-corrected chi connectivity index (χ3v) is 8.04. The maximum Gasteiger partial charge on any atom is 0.161 e. The molecule has 2 aliphatic rings. The fourth-order valence-electron chi connectivity index (χ4n) is 4.26. The molecule has 2 fully saturated rings. The summed E-state index contributed by atoms with van der Waals surface area (Å²) >= 11 is 5.96. The van der Waals surface area contributed by atoms with Gasteiger partial charge in [0, 0.05) is 34.1 Å². The molecule has 4 rings (SSSR count). The second-order valence-electron chi connectivity index (χ2n) is 7.02. The van der Waals surface area contributed by atoms with Gasteiger partial charge < -0.3 is 9.47 Å². The molecule has 1 saturated heterocycles. The summed E-state index contributed by atoms with van der Waals surface area (Å²) in [6.45, 7) is 2.23. The van der Waals surface area contributed by atoms with E-state index in [1.165, 1.54) is 23.4 Å². The zero-order chi connectivity index (χ0) is 18.1. The minimum absolute atomic E-state index is 0.568. The highest BCUT2D eigenvalue weighted by atomic mass is 79.9. The minimum atomic E-state index is 0.568. The molecule has 26 heavy (non-hydrogen) atoms. The Morgan fingerprint density at radius 3 is 2.54 bits per heavy atom. The first-order valence-electron chi connectivity index (χ1n) is 9.00. The summed E-state index contributed by atoms with van der Waals surface area (Å²) in [6.07, 6.45) is 1.27. The van der Waals surface area contributed by atoms with Crippen LogP contribution in [-0.2, 0) is 6.54 Å². The van der Waals surface area contributed by atoms with Crippen molar-refractivity contribution in [2.24, 2.45) is 5.92 Å².